The Kier molecular flexibility index (Phi) is 10.6. The van der Waals surface area contributed by atoms with Gasteiger partial charge in [0.15, 0.2) is 12.6 Å². The third kappa shape index (κ3) is 5.92. The van der Waals surface area contributed by atoms with Crippen molar-refractivity contribution in [2.45, 2.75) is 167 Å². The first-order chi connectivity index (χ1) is 25.2. The summed E-state index contributed by atoms with van der Waals surface area (Å²) in [5, 5.41) is 84.8. The molecule has 8 N–H and O–H groups in total. The number of carboxylic acids is 1. The minimum atomic E-state index is -1.72. The van der Waals surface area contributed by atoms with Crippen molar-refractivity contribution >= 4 is 5.97 Å². The first-order valence-electron chi connectivity index (χ1n) is 20.4. The second-order valence-corrected chi connectivity index (χ2v) is 20.1. The molecule has 54 heavy (non-hydrogen) atoms. The van der Waals surface area contributed by atoms with Crippen LogP contribution < -0.4 is 0 Å². The van der Waals surface area contributed by atoms with E-state index in [1.165, 1.54) is 5.57 Å². The fraction of sp³-hybridized carbons (Fsp3) is 0.927. The maximum Gasteiger partial charge on any atom is 0.310 e. The van der Waals surface area contributed by atoms with Gasteiger partial charge in [-0.15, -0.1) is 0 Å². The quantitative estimate of drug-likeness (QED) is 0.138. The van der Waals surface area contributed by atoms with Crippen LogP contribution in [0.4, 0.5) is 0 Å². The minimum absolute atomic E-state index is 0.0293. The zero-order valence-corrected chi connectivity index (χ0v) is 32.9. The molecule has 0 radical (unpaired) electrons. The zero-order chi connectivity index (χ0) is 39.4. The summed E-state index contributed by atoms with van der Waals surface area (Å²) in [6, 6.07) is 0. The molecule has 0 amide bonds. The van der Waals surface area contributed by atoms with Crippen LogP contribution in [0.1, 0.15) is 106 Å². The largest absolute Gasteiger partial charge is 0.481 e. The molecule has 308 valence electrons. The van der Waals surface area contributed by atoms with Crippen molar-refractivity contribution < 1.29 is 64.6 Å². The molecular formula is C41H66O13. The zero-order valence-electron chi connectivity index (χ0n) is 32.9. The Labute approximate surface area is 319 Å². The Morgan fingerprint density at radius 2 is 1.52 bits per heavy atom. The molecule has 7 aliphatic rings. The molecule has 0 aromatic rings. The molecular weight excluding hydrogens is 700 g/mol. The summed E-state index contributed by atoms with van der Waals surface area (Å²) in [4.78, 5) is 13.0. The maximum absolute atomic E-state index is 13.0. The van der Waals surface area contributed by atoms with Crippen molar-refractivity contribution in [1.82, 2.24) is 0 Å². The van der Waals surface area contributed by atoms with Crippen LogP contribution in [0.5, 0.6) is 0 Å². The van der Waals surface area contributed by atoms with E-state index in [0.717, 1.165) is 51.4 Å². The number of aliphatic hydroxyl groups excluding tert-OH is 7. The highest BCUT2D eigenvalue weighted by Gasteiger charge is 2.70. The van der Waals surface area contributed by atoms with Crippen LogP contribution in [0.15, 0.2) is 11.6 Å². The van der Waals surface area contributed by atoms with Crippen molar-refractivity contribution in [3.8, 4) is 0 Å². The highest BCUT2D eigenvalue weighted by atomic mass is 16.7. The Hall–Kier alpha value is -1.23. The average molecular weight is 767 g/mol. The SMILES string of the molecule is CC1(C)CC[C@]2(C(=O)O)CC[C@]3(C)C(=CCC4[C@@]5(C)CC[C@H](O[C@@H]6OC[C@H](O)[C@H](O[C@@H]7O[C@H](CO)[C@@H](O)[C@H](O)[C@H]7O)[C@H]6O)[C@@](C)(CO)[C@@H]5CC[C@]43C)[C@@H]2C1. The van der Waals surface area contributed by atoms with Gasteiger partial charge in [0.1, 0.15) is 42.7 Å². The standard InChI is InChI=1S/C41H66O13/c1-36(2)13-15-41(35(49)50)16-14-39(5)21(22(41)17-36)7-8-26-37(3)11-10-27(38(4,20-43)25(37)9-12-40(26,39)6)53-33-31(48)32(23(44)19-51-33)54-34-30(47)29(46)28(45)24(18-42)52-34/h7,22-34,42-48H,8-20H2,1-6H3,(H,49,50)/t22-,23-,24+,25+,26?,27-,28+,29-,30+,31+,32-,33-,34-,37-,38-,39+,40+,41-/m0/s1. The van der Waals surface area contributed by atoms with E-state index < -0.39 is 84.8 Å². The Bertz CT molecular complexity index is 1450. The van der Waals surface area contributed by atoms with E-state index in [-0.39, 0.29) is 46.7 Å². The van der Waals surface area contributed by atoms with Crippen molar-refractivity contribution in [1.29, 1.82) is 0 Å². The number of rotatable bonds is 7. The van der Waals surface area contributed by atoms with Crippen molar-refractivity contribution in [2.24, 2.45) is 50.2 Å². The molecule has 7 rings (SSSR count). The van der Waals surface area contributed by atoms with Gasteiger partial charge in [-0.2, -0.15) is 0 Å². The van der Waals surface area contributed by atoms with E-state index in [9.17, 15) is 45.6 Å². The summed E-state index contributed by atoms with van der Waals surface area (Å²) in [6.45, 7) is 12.8. The lowest BCUT2D eigenvalue weighted by atomic mass is 9.33. The smallest absolute Gasteiger partial charge is 0.310 e. The van der Waals surface area contributed by atoms with Crippen LogP contribution in [0.25, 0.3) is 0 Å². The molecule has 6 fully saturated rings. The van der Waals surface area contributed by atoms with Gasteiger partial charge >= 0.3 is 5.97 Å². The van der Waals surface area contributed by atoms with Crippen LogP contribution in [-0.4, -0.2) is 128 Å². The Morgan fingerprint density at radius 3 is 2.19 bits per heavy atom. The molecule has 18 atom stereocenters. The maximum atomic E-state index is 13.0. The number of fused-ring (bicyclic) bond motifs is 7. The molecule has 2 heterocycles. The molecule has 0 aromatic carbocycles. The van der Waals surface area contributed by atoms with Crippen molar-refractivity contribution in [3.05, 3.63) is 11.6 Å². The monoisotopic (exact) mass is 766 g/mol. The molecule has 2 saturated heterocycles. The normalized spacial score (nSPS) is 54.3. The van der Waals surface area contributed by atoms with Gasteiger partial charge in [0.2, 0.25) is 0 Å². The summed E-state index contributed by atoms with van der Waals surface area (Å²) in [5.74, 6) is -0.227. The van der Waals surface area contributed by atoms with E-state index in [0.29, 0.717) is 18.8 Å². The fourth-order valence-electron chi connectivity index (χ4n) is 13.4. The fourth-order valence-corrected chi connectivity index (χ4v) is 13.4. The second kappa shape index (κ2) is 14.0. The summed E-state index contributed by atoms with van der Waals surface area (Å²) in [5.41, 5.74) is -0.295. The number of hydrogen-bond donors (Lipinski definition) is 8. The molecule has 5 aliphatic carbocycles. The van der Waals surface area contributed by atoms with Crippen LogP contribution in [0.3, 0.4) is 0 Å². The molecule has 1 unspecified atom stereocenters. The molecule has 4 saturated carbocycles. The summed E-state index contributed by atoms with van der Waals surface area (Å²) in [7, 11) is 0. The van der Waals surface area contributed by atoms with E-state index in [1.807, 2.05) is 0 Å². The predicted molar refractivity (Wildman–Crippen MR) is 193 cm³/mol. The second-order valence-electron chi connectivity index (χ2n) is 20.1. The van der Waals surface area contributed by atoms with E-state index >= 15 is 0 Å². The lowest BCUT2D eigenvalue weighted by Gasteiger charge is -2.71. The van der Waals surface area contributed by atoms with Gasteiger partial charge in [-0.1, -0.05) is 53.2 Å². The average Bonchev–Trinajstić information content (AvgIpc) is 3.12. The number of carboxylic acid groups (broad SMARTS) is 1. The highest BCUT2D eigenvalue weighted by molar-refractivity contribution is 5.76. The van der Waals surface area contributed by atoms with Crippen molar-refractivity contribution in [3.63, 3.8) is 0 Å². The third-order valence-corrected chi connectivity index (χ3v) is 17.0. The molecule has 13 heteroatoms. The summed E-state index contributed by atoms with van der Waals surface area (Å²) >= 11 is 0. The number of aliphatic hydroxyl groups is 7. The molecule has 0 aromatic heterocycles. The van der Waals surface area contributed by atoms with E-state index in [2.05, 4.69) is 47.6 Å². The van der Waals surface area contributed by atoms with Crippen LogP contribution >= 0.6 is 0 Å². The van der Waals surface area contributed by atoms with Gasteiger partial charge in [-0.3, -0.25) is 4.79 Å². The first kappa shape index (κ1) is 40.9. The van der Waals surface area contributed by atoms with Crippen molar-refractivity contribution in [2.75, 3.05) is 19.8 Å². The minimum Gasteiger partial charge on any atom is -0.481 e. The first-order valence-corrected chi connectivity index (χ1v) is 20.4. The van der Waals surface area contributed by atoms with Gasteiger partial charge < -0.3 is 59.8 Å². The lowest BCUT2D eigenvalue weighted by Crippen LogP contribution is -2.67. The van der Waals surface area contributed by atoms with Gasteiger partial charge in [-0.05, 0) is 104 Å². The Balaban J connectivity index is 1.11. The highest BCUT2D eigenvalue weighted by Crippen LogP contribution is 2.76. The Morgan fingerprint density at radius 1 is 0.815 bits per heavy atom. The van der Waals surface area contributed by atoms with Crippen LogP contribution in [-0.2, 0) is 23.7 Å². The topological polar surface area (TPSA) is 216 Å². The molecule has 0 bridgehead atoms. The molecule has 0 spiro atoms. The lowest BCUT2D eigenvalue weighted by molar-refractivity contribution is -0.358. The third-order valence-electron chi connectivity index (χ3n) is 17.0. The number of ether oxygens (including phenoxy) is 4. The van der Waals surface area contributed by atoms with Gasteiger partial charge in [0.05, 0.1) is 31.3 Å². The number of hydrogen-bond acceptors (Lipinski definition) is 12. The van der Waals surface area contributed by atoms with E-state index in [1.54, 1.807) is 0 Å². The number of carbonyl (C=O) groups is 1. The number of allylic oxidation sites excluding steroid dienone is 2. The predicted octanol–water partition coefficient (Wildman–Crippen LogP) is 2.49. The van der Waals surface area contributed by atoms with Gasteiger partial charge in [-0.25, -0.2) is 0 Å². The number of aliphatic carboxylic acids is 1. The van der Waals surface area contributed by atoms with E-state index in [4.69, 9.17) is 18.9 Å². The summed E-state index contributed by atoms with van der Waals surface area (Å²) in [6.07, 6.45) is -3.15. The van der Waals surface area contributed by atoms with Gasteiger partial charge in [0.25, 0.3) is 0 Å². The summed E-state index contributed by atoms with van der Waals surface area (Å²) < 4.78 is 23.7. The van der Waals surface area contributed by atoms with Crippen LogP contribution in [0.2, 0.25) is 0 Å². The molecule has 2 aliphatic heterocycles. The molecule has 13 nitrogen and oxygen atoms in total. The van der Waals surface area contributed by atoms with Crippen LogP contribution in [0, 0.1) is 50.2 Å². The van der Waals surface area contributed by atoms with Gasteiger partial charge in [0, 0.05) is 5.41 Å².